The highest BCUT2D eigenvalue weighted by atomic mass is 79.9. The van der Waals surface area contributed by atoms with E-state index in [1.165, 1.54) is 24.3 Å². The number of rotatable bonds is 4. The Morgan fingerprint density at radius 1 is 1.35 bits per heavy atom. The molecule has 1 aliphatic heterocycles. The Morgan fingerprint density at radius 2 is 2.08 bits per heavy atom. The maximum Gasteiger partial charge on any atom is 0.264 e. The fourth-order valence-corrected chi connectivity index (χ4v) is 3.51. The average molecular weight is 437 g/mol. The van der Waals surface area contributed by atoms with Crippen LogP contribution in [0.3, 0.4) is 0 Å². The van der Waals surface area contributed by atoms with Crippen LogP contribution in [0.15, 0.2) is 50.8 Å². The summed E-state index contributed by atoms with van der Waals surface area (Å²) in [5, 5.41) is 13.4. The van der Waals surface area contributed by atoms with E-state index in [-0.39, 0.29) is 17.5 Å². The predicted molar refractivity (Wildman–Crippen MR) is 104 cm³/mol. The highest BCUT2D eigenvalue weighted by Gasteiger charge is 2.24. The van der Waals surface area contributed by atoms with Crippen molar-refractivity contribution < 1.29 is 19.0 Å². The first kappa shape index (κ1) is 18.5. The van der Waals surface area contributed by atoms with Gasteiger partial charge in [0.15, 0.2) is 16.7 Å². The summed E-state index contributed by atoms with van der Waals surface area (Å²) in [5.74, 6) is -0.390. The molecular weight excluding hydrogens is 423 g/mol. The molecule has 0 aromatic heterocycles. The maximum absolute atomic E-state index is 13.0. The van der Waals surface area contributed by atoms with E-state index in [0.29, 0.717) is 38.2 Å². The summed E-state index contributed by atoms with van der Waals surface area (Å²) in [6, 6.07) is 8.98. The lowest BCUT2D eigenvalue weighted by atomic mass is 10.1. The van der Waals surface area contributed by atoms with E-state index in [4.69, 9.17) is 4.74 Å². The molecule has 8 heteroatoms. The Hall–Kier alpha value is -2.32. The monoisotopic (exact) mass is 436 g/mol. The second kappa shape index (κ2) is 7.92. The number of carbonyl (C=O) groups is 1. The Morgan fingerprint density at radius 3 is 2.77 bits per heavy atom. The third-order valence-corrected chi connectivity index (χ3v) is 4.73. The van der Waals surface area contributed by atoms with Gasteiger partial charge in [0.05, 0.1) is 17.2 Å². The molecule has 2 aromatic rings. The Labute approximate surface area is 162 Å². The highest BCUT2D eigenvalue weighted by molar-refractivity contribution is 9.10. The van der Waals surface area contributed by atoms with Crippen LogP contribution in [-0.4, -0.2) is 22.8 Å². The third kappa shape index (κ3) is 4.25. The van der Waals surface area contributed by atoms with E-state index in [2.05, 4.69) is 26.2 Å². The molecule has 134 valence electrons. The molecule has 0 bridgehead atoms. The molecular formula is C18H14BrFN2O3S. The van der Waals surface area contributed by atoms with Crippen molar-refractivity contribution in [2.45, 2.75) is 6.92 Å². The number of amidine groups is 1. The number of carbonyl (C=O) groups excluding carboxylic acids is 1. The average Bonchev–Trinajstić information content (AvgIpc) is 2.93. The number of hydrogen-bond donors (Lipinski definition) is 2. The van der Waals surface area contributed by atoms with Gasteiger partial charge in [-0.25, -0.2) is 9.38 Å². The predicted octanol–water partition coefficient (Wildman–Crippen LogP) is 4.58. The minimum Gasteiger partial charge on any atom is -0.504 e. The Kier molecular flexibility index (Phi) is 5.63. The molecule has 1 fully saturated rings. The molecule has 0 aliphatic carbocycles. The topological polar surface area (TPSA) is 70.9 Å². The van der Waals surface area contributed by atoms with Gasteiger partial charge < -0.3 is 15.2 Å². The zero-order valence-electron chi connectivity index (χ0n) is 13.6. The number of nitrogens with zero attached hydrogens (tertiary/aromatic N) is 1. The smallest absolute Gasteiger partial charge is 0.264 e. The van der Waals surface area contributed by atoms with E-state index in [1.54, 1.807) is 18.2 Å². The van der Waals surface area contributed by atoms with E-state index >= 15 is 0 Å². The minimum absolute atomic E-state index is 0.0418. The normalized spacial score (nSPS) is 17.0. The molecule has 3 rings (SSSR count). The van der Waals surface area contributed by atoms with Crippen molar-refractivity contribution in [3.8, 4) is 11.5 Å². The first-order valence-corrected chi connectivity index (χ1v) is 9.27. The van der Waals surface area contributed by atoms with E-state index in [0.717, 1.165) is 11.8 Å². The van der Waals surface area contributed by atoms with Crippen LogP contribution < -0.4 is 10.1 Å². The van der Waals surface area contributed by atoms with Gasteiger partial charge in [-0.05, 0) is 61.2 Å². The molecule has 0 spiro atoms. The summed E-state index contributed by atoms with van der Waals surface area (Å²) in [4.78, 5) is 16.8. The Bertz CT molecular complexity index is 913. The third-order valence-electron chi connectivity index (χ3n) is 3.36. The summed E-state index contributed by atoms with van der Waals surface area (Å²) in [7, 11) is 0. The number of aliphatic imine (C=N–C) groups is 1. The van der Waals surface area contributed by atoms with Gasteiger partial charge in [0.2, 0.25) is 0 Å². The summed E-state index contributed by atoms with van der Waals surface area (Å²) in [6.07, 6.45) is 1.57. The standard InChI is InChI=1S/C18H14BrFN2O3S/c1-2-25-14-9-11(19)7-10(16(14)23)8-15-17(24)22-18(26-15)21-13-5-3-12(20)4-6-13/h3-9,23H,2H2,1H3,(H,21,22,24)/b15-8+. The number of thioether (sulfide) groups is 1. The molecule has 2 N–H and O–H groups in total. The molecule has 0 unspecified atom stereocenters. The molecule has 0 atom stereocenters. The Balaban J connectivity index is 1.88. The van der Waals surface area contributed by atoms with Crippen LogP contribution in [0.1, 0.15) is 12.5 Å². The number of hydrogen-bond acceptors (Lipinski definition) is 5. The van der Waals surface area contributed by atoms with Gasteiger partial charge in [-0.2, -0.15) is 0 Å². The van der Waals surface area contributed by atoms with E-state index in [9.17, 15) is 14.3 Å². The molecule has 1 aliphatic rings. The number of phenolic OH excluding ortho intramolecular Hbond substituents is 1. The van der Waals surface area contributed by atoms with Crippen molar-refractivity contribution in [3.05, 3.63) is 57.2 Å². The molecule has 1 heterocycles. The number of amides is 1. The largest absolute Gasteiger partial charge is 0.504 e. The lowest BCUT2D eigenvalue weighted by Crippen LogP contribution is -2.19. The fraction of sp³-hybridized carbons (Fsp3) is 0.111. The first-order chi connectivity index (χ1) is 12.5. The van der Waals surface area contributed by atoms with Crippen molar-refractivity contribution in [2.24, 2.45) is 4.99 Å². The number of phenols is 1. The van der Waals surface area contributed by atoms with Crippen molar-refractivity contribution in [1.29, 1.82) is 0 Å². The minimum atomic E-state index is -0.354. The summed E-state index contributed by atoms with van der Waals surface area (Å²) >= 11 is 4.50. The van der Waals surface area contributed by atoms with Gasteiger partial charge >= 0.3 is 0 Å². The molecule has 0 saturated carbocycles. The summed E-state index contributed by atoms with van der Waals surface area (Å²) < 4.78 is 19.1. The number of ether oxygens (including phenoxy) is 1. The SMILES string of the molecule is CCOc1cc(Br)cc(/C=C2/SC(=Nc3ccc(F)cc3)NC2=O)c1O. The zero-order chi connectivity index (χ0) is 18.7. The fourth-order valence-electron chi connectivity index (χ4n) is 2.22. The molecule has 2 aromatic carbocycles. The highest BCUT2D eigenvalue weighted by Crippen LogP contribution is 2.37. The van der Waals surface area contributed by atoms with Crippen LogP contribution in [-0.2, 0) is 4.79 Å². The van der Waals surface area contributed by atoms with Crippen molar-refractivity contribution in [3.63, 3.8) is 0 Å². The number of halogens is 2. The second-order valence-corrected chi connectivity index (χ2v) is 7.18. The zero-order valence-corrected chi connectivity index (χ0v) is 16.0. The lowest BCUT2D eigenvalue weighted by molar-refractivity contribution is -0.115. The van der Waals surface area contributed by atoms with Gasteiger partial charge in [0.25, 0.3) is 5.91 Å². The van der Waals surface area contributed by atoms with Crippen LogP contribution >= 0.6 is 27.7 Å². The van der Waals surface area contributed by atoms with Gasteiger partial charge in [-0.1, -0.05) is 15.9 Å². The molecule has 0 radical (unpaired) electrons. The van der Waals surface area contributed by atoms with Crippen LogP contribution in [0.5, 0.6) is 11.5 Å². The van der Waals surface area contributed by atoms with Gasteiger partial charge in [-0.3, -0.25) is 4.79 Å². The second-order valence-electron chi connectivity index (χ2n) is 5.23. The molecule has 5 nitrogen and oxygen atoms in total. The van der Waals surface area contributed by atoms with Crippen molar-refractivity contribution in [2.75, 3.05) is 6.61 Å². The van der Waals surface area contributed by atoms with Crippen LogP contribution in [0.2, 0.25) is 0 Å². The lowest BCUT2D eigenvalue weighted by Gasteiger charge is -2.09. The number of aromatic hydroxyl groups is 1. The maximum atomic E-state index is 13.0. The van der Waals surface area contributed by atoms with Crippen molar-refractivity contribution in [1.82, 2.24) is 5.32 Å². The van der Waals surface area contributed by atoms with Gasteiger partial charge in [0.1, 0.15) is 5.82 Å². The van der Waals surface area contributed by atoms with Crippen LogP contribution in [0.25, 0.3) is 6.08 Å². The van der Waals surface area contributed by atoms with E-state index in [1.807, 2.05) is 6.92 Å². The summed E-state index contributed by atoms with van der Waals surface area (Å²) in [6.45, 7) is 2.22. The quantitative estimate of drug-likeness (QED) is 0.687. The summed E-state index contributed by atoms with van der Waals surface area (Å²) in [5.41, 5.74) is 0.975. The van der Waals surface area contributed by atoms with Crippen LogP contribution in [0.4, 0.5) is 10.1 Å². The van der Waals surface area contributed by atoms with Crippen molar-refractivity contribution >= 4 is 50.5 Å². The van der Waals surface area contributed by atoms with Gasteiger partial charge in [0, 0.05) is 10.0 Å². The van der Waals surface area contributed by atoms with Gasteiger partial charge in [-0.15, -0.1) is 0 Å². The number of nitrogens with one attached hydrogen (secondary N) is 1. The van der Waals surface area contributed by atoms with Crippen LogP contribution in [0, 0.1) is 5.82 Å². The molecule has 26 heavy (non-hydrogen) atoms. The number of benzene rings is 2. The molecule has 1 saturated heterocycles. The molecule has 1 amide bonds. The van der Waals surface area contributed by atoms with E-state index < -0.39 is 0 Å². The first-order valence-electron chi connectivity index (χ1n) is 7.66.